The van der Waals surface area contributed by atoms with Gasteiger partial charge in [-0.15, -0.1) is 0 Å². The zero-order chi connectivity index (χ0) is 19.2. The topological polar surface area (TPSA) is 86.8 Å². The van der Waals surface area contributed by atoms with Crippen molar-refractivity contribution in [3.05, 3.63) is 45.5 Å². The summed E-state index contributed by atoms with van der Waals surface area (Å²) in [6, 6.07) is 2.02. The van der Waals surface area contributed by atoms with E-state index in [-0.39, 0.29) is 5.56 Å². The fourth-order valence-electron chi connectivity index (χ4n) is 3.65. The number of aryl methyl sites for hydroxylation is 3. The number of anilines is 1. The van der Waals surface area contributed by atoms with Crippen LogP contribution in [0.4, 0.5) is 5.82 Å². The van der Waals surface area contributed by atoms with Gasteiger partial charge in [-0.05, 0) is 33.1 Å². The van der Waals surface area contributed by atoms with Crippen molar-refractivity contribution >= 4 is 5.82 Å². The Bertz CT molecular complexity index is 810. The van der Waals surface area contributed by atoms with Gasteiger partial charge in [0.2, 0.25) is 0 Å². The van der Waals surface area contributed by atoms with Crippen LogP contribution in [0.3, 0.4) is 0 Å². The molecule has 0 radical (unpaired) electrons. The maximum absolute atomic E-state index is 11.5. The SMILES string of the molecule is CCCc1cnc(C)nc1N1CCC(NCCc2nc(C)cc(=O)[nH]2)CC1. The zero-order valence-electron chi connectivity index (χ0n) is 16.6. The molecule has 0 saturated carbocycles. The summed E-state index contributed by atoms with van der Waals surface area (Å²) >= 11 is 0. The normalized spacial score (nSPS) is 15.3. The van der Waals surface area contributed by atoms with Gasteiger partial charge in [-0.2, -0.15) is 0 Å². The summed E-state index contributed by atoms with van der Waals surface area (Å²) in [5.41, 5.74) is 1.95. The van der Waals surface area contributed by atoms with E-state index in [4.69, 9.17) is 4.98 Å². The summed E-state index contributed by atoms with van der Waals surface area (Å²) in [5, 5.41) is 3.61. The van der Waals surface area contributed by atoms with Gasteiger partial charge < -0.3 is 15.2 Å². The van der Waals surface area contributed by atoms with Crippen molar-refractivity contribution in [3.8, 4) is 0 Å². The van der Waals surface area contributed by atoms with Gasteiger partial charge >= 0.3 is 0 Å². The predicted octanol–water partition coefficient (Wildman–Crippen LogP) is 1.93. The summed E-state index contributed by atoms with van der Waals surface area (Å²) in [7, 11) is 0. The maximum Gasteiger partial charge on any atom is 0.251 e. The molecule has 0 bridgehead atoms. The Morgan fingerprint density at radius 2 is 2.00 bits per heavy atom. The molecule has 0 atom stereocenters. The first kappa shape index (κ1) is 19.5. The fraction of sp³-hybridized carbons (Fsp3) is 0.600. The summed E-state index contributed by atoms with van der Waals surface area (Å²) in [6.07, 6.45) is 7.03. The molecule has 7 heteroatoms. The number of aromatic amines is 1. The van der Waals surface area contributed by atoms with Crippen LogP contribution in [0.5, 0.6) is 0 Å². The van der Waals surface area contributed by atoms with Crippen molar-refractivity contribution in [2.75, 3.05) is 24.5 Å². The van der Waals surface area contributed by atoms with E-state index in [1.807, 2.05) is 20.0 Å². The molecule has 0 unspecified atom stereocenters. The number of piperidine rings is 1. The van der Waals surface area contributed by atoms with E-state index in [1.165, 1.54) is 11.6 Å². The van der Waals surface area contributed by atoms with Crippen molar-refractivity contribution in [2.45, 2.75) is 58.9 Å². The molecule has 146 valence electrons. The number of H-pyrrole nitrogens is 1. The molecule has 2 aromatic rings. The number of hydrogen-bond donors (Lipinski definition) is 2. The third-order valence-electron chi connectivity index (χ3n) is 4.99. The second-order valence-corrected chi connectivity index (χ2v) is 7.31. The summed E-state index contributed by atoms with van der Waals surface area (Å²) in [4.78, 5) is 30.2. The highest BCUT2D eigenvalue weighted by molar-refractivity contribution is 5.46. The van der Waals surface area contributed by atoms with E-state index in [2.05, 4.69) is 32.1 Å². The van der Waals surface area contributed by atoms with E-state index in [0.29, 0.717) is 6.04 Å². The molecule has 3 heterocycles. The van der Waals surface area contributed by atoms with Crippen LogP contribution >= 0.6 is 0 Å². The Morgan fingerprint density at radius 1 is 1.22 bits per heavy atom. The Labute approximate surface area is 160 Å². The lowest BCUT2D eigenvalue weighted by Gasteiger charge is -2.34. The quantitative estimate of drug-likeness (QED) is 0.774. The van der Waals surface area contributed by atoms with Crippen LogP contribution < -0.4 is 15.8 Å². The molecule has 7 nitrogen and oxygen atoms in total. The van der Waals surface area contributed by atoms with Crippen molar-refractivity contribution in [2.24, 2.45) is 0 Å². The second-order valence-electron chi connectivity index (χ2n) is 7.31. The third-order valence-corrected chi connectivity index (χ3v) is 4.99. The van der Waals surface area contributed by atoms with Crippen molar-refractivity contribution in [1.82, 2.24) is 25.3 Å². The van der Waals surface area contributed by atoms with E-state index < -0.39 is 0 Å². The highest BCUT2D eigenvalue weighted by Gasteiger charge is 2.22. The van der Waals surface area contributed by atoms with Gasteiger partial charge in [-0.3, -0.25) is 4.79 Å². The molecule has 0 aromatic carbocycles. The van der Waals surface area contributed by atoms with Crippen LogP contribution in [0.15, 0.2) is 17.1 Å². The van der Waals surface area contributed by atoms with Crippen molar-refractivity contribution < 1.29 is 0 Å². The lowest BCUT2D eigenvalue weighted by atomic mass is 10.0. The Kier molecular flexibility index (Phi) is 6.55. The van der Waals surface area contributed by atoms with Gasteiger partial charge in [0, 0.05) is 55.6 Å². The first-order valence-electron chi connectivity index (χ1n) is 9.93. The molecule has 2 N–H and O–H groups in total. The molecular weight excluding hydrogens is 340 g/mol. The average Bonchev–Trinajstić information content (AvgIpc) is 2.63. The molecule has 1 saturated heterocycles. The molecule has 0 spiro atoms. The van der Waals surface area contributed by atoms with Crippen LogP contribution in [0.25, 0.3) is 0 Å². The highest BCUT2D eigenvalue weighted by atomic mass is 16.1. The van der Waals surface area contributed by atoms with E-state index in [9.17, 15) is 4.79 Å². The monoisotopic (exact) mass is 370 g/mol. The lowest BCUT2D eigenvalue weighted by Crippen LogP contribution is -2.43. The standard InChI is InChI=1S/C20H30N6O/c1-4-5-16-13-22-15(3)24-20(16)26-10-7-17(8-11-26)21-9-6-18-23-14(2)12-19(27)25-18/h12-13,17,21H,4-11H2,1-3H3,(H,23,25,27). The molecule has 27 heavy (non-hydrogen) atoms. The maximum atomic E-state index is 11.5. The van der Waals surface area contributed by atoms with Gasteiger partial charge in [0.15, 0.2) is 0 Å². The minimum atomic E-state index is -0.0752. The smallest absolute Gasteiger partial charge is 0.251 e. The summed E-state index contributed by atoms with van der Waals surface area (Å²) in [5.74, 6) is 2.71. The number of rotatable bonds is 7. The van der Waals surface area contributed by atoms with E-state index in [0.717, 1.165) is 74.9 Å². The summed E-state index contributed by atoms with van der Waals surface area (Å²) in [6.45, 7) is 8.83. The van der Waals surface area contributed by atoms with Crippen LogP contribution in [-0.4, -0.2) is 45.6 Å². The Balaban J connectivity index is 1.50. The van der Waals surface area contributed by atoms with Gasteiger partial charge in [0.1, 0.15) is 17.5 Å². The van der Waals surface area contributed by atoms with Gasteiger partial charge in [0.05, 0.1) is 0 Å². The average molecular weight is 371 g/mol. The van der Waals surface area contributed by atoms with Crippen LogP contribution in [0.2, 0.25) is 0 Å². The molecular formula is C20H30N6O. The molecule has 2 aromatic heterocycles. The molecule has 1 aliphatic heterocycles. The second kappa shape index (κ2) is 9.08. The van der Waals surface area contributed by atoms with E-state index in [1.54, 1.807) is 0 Å². The first-order chi connectivity index (χ1) is 13.0. The first-order valence-corrected chi connectivity index (χ1v) is 9.93. The highest BCUT2D eigenvalue weighted by Crippen LogP contribution is 2.23. The Hall–Kier alpha value is -2.28. The largest absolute Gasteiger partial charge is 0.356 e. The zero-order valence-corrected chi connectivity index (χ0v) is 16.6. The molecule has 0 aliphatic carbocycles. The minimum Gasteiger partial charge on any atom is -0.356 e. The number of nitrogens with one attached hydrogen (secondary N) is 2. The fourth-order valence-corrected chi connectivity index (χ4v) is 3.65. The Morgan fingerprint density at radius 3 is 2.70 bits per heavy atom. The summed E-state index contributed by atoms with van der Waals surface area (Å²) < 4.78 is 0. The molecule has 1 aliphatic rings. The van der Waals surface area contributed by atoms with E-state index >= 15 is 0 Å². The molecule has 0 amide bonds. The van der Waals surface area contributed by atoms with Crippen LogP contribution in [-0.2, 0) is 12.8 Å². The van der Waals surface area contributed by atoms with Crippen molar-refractivity contribution in [1.29, 1.82) is 0 Å². The number of nitrogens with zero attached hydrogens (tertiary/aromatic N) is 4. The van der Waals surface area contributed by atoms with Crippen molar-refractivity contribution in [3.63, 3.8) is 0 Å². The molecule has 3 rings (SSSR count). The van der Waals surface area contributed by atoms with Crippen LogP contribution in [0, 0.1) is 13.8 Å². The predicted molar refractivity (Wildman–Crippen MR) is 107 cm³/mol. The minimum absolute atomic E-state index is 0.0752. The number of hydrogen-bond acceptors (Lipinski definition) is 6. The van der Waals surface area contributed by atoms with Gasteiger partial charge in [-0.1, -0.05) is 13.3 Å². The lowest BCUT2D eigenvalue weighted by molar-refractivity contribution is 0.414. The van der Waals surface area contributed by atoms with Crippen LogP contribution in [0.1, 0.15) is 49.1 Å². The number of aromatic nitrogens is 4. The van der Waals surface area contributed by atoms with Gasteiger partial charge in [-0.25, -0.2) is 15.0 Å². The molecule has 1 fully saturated rings. The van der Waals surface area contributed by atoms with Gasteiger partial charge in [0.25, 0.3) is 5.56 Å². The third kappa shape index (κ3) is 5.35.